The average molecular weight is 425 g/mol. The summed E-state index contributed by atoms with van der Waals surface area (Å²) >= 11 is 1.87. The van der Waals surface area contributed by atoms with Gasteiger partial charge in [0.1, 0.15) is 0 Å². The van der Waals surface area contributed by atoms with Crippen molar-refractivity contribution in [2.75, 3.05) is 13.2 Å². The first-order valence-corrected chi connectivity index (χ1v) is 8.94. The van der Waals surface area contributed by atoms with Gasteiger partial charge >= 0.3 is 5.97 Å². The summed E-state index contributed by atoms with van der Waals surface area (Å²) in [6, 6.07) is 4.10. The molecule has 8 heteroatoms. The lowest BCUT2D eigenvalue weighted by Gasteiger charge is -2.34. The minimum absolute atomic E-state index is 0.0180. The molecule has 1 heterocycles. The molecular weight excluding hydrogens is 409 g/mol. The van der Waals surface area contributed by atoms with Crippen LogP contribution in [0, 0.1) is 3.57 Å². The molecule has 2 N–H and O–H groups in total. The van der Waals surface area contributed by atoms with Crippen molar-refractivity contribution in [3.05, 3.63) is 27.3 Å². The number of carboxylic acid groups (broad SMARTS) is 1. The molecule has 0 unspecified atom stereocenters. The van der Waals surface area contributed by atoms with Gasteiger partial charge in [-0.1, -0.05) is 0 Å². The number of nitrogens with one attached hydrogen (secondary N) is 1. The number of ether oxygens (including phenoxy) is 1. The first-order chi connectivity index (χ1) is 9.73. The van der Waals surface area contributed by atoms with E-state index in [1.54, 1.807) is 0 Å². The highest BCUT2D eigenvalue weighted by molar-refractivity contribution is 14.1. The number of halogens is 1. The van der Waals surface area contributed by atoms with Gasteiger partial charge in [0, 0.05) is 22.3 Å². The zero-order chi connectivity index (χ0) is 15.7. The van der Waals surface area contributed by atoms with Crippen molar-refractivity contribution in [3.63, 3.8) is 0 Å². The second-order valence-corrected chi connectivity index (χ2v) is 8.07. The van der Waals surface area contributed by atoms with Gasteiger partial charge in [0.05, 0.1) is 10.5 Å². The summed E-state index contributed by atoms with van der Waals surface area (Å²) in [7, 11) is -3.76. The van der Waals surface area contributed by atoms with Crippen molar-refractivity contribution in [2.24, 2.45) is 0 Å². The topological polar surface area (TPSA) is 92.7 Å². The lowest BCUT2D eigenvalue weighted by molar-refractivity contribution is 0.0537. The van der Waals surface area contributed by atoms with Crippen LogP contribution in [0.1, 0.15) is 30.1 Å². The summed E-state index contributed by atoms with van der Waals surface area (Å²) in [5, 5.41) is 9.09. The molecule has 0 radical (unpaired) electrons. The fourth-order valence-corrected chi connectivity index (χ4v) is 4.20. The third-order valence-electron chi connectivity index (χ3n) is 3.46. The van der Waals surface area contributed by atoms with Crippen LogP contribution in [-0.4, -0.2) is 38.2 Å². The minimum atomic E-state index is -3.76. The number of rotatable bonds is 4. The summed E-state index contributed by atoms with van der Waals surface area (Å²) in [5.74, 6) is -1.14. The van der Waals surface area contributed by atoms with E-state index >= 15 is 0 Å². The first-order valence-electron chi connectivity index (χ1n) is 6.38. The quantitative estimate of drug-likeness (QED) is 0.719. The molecule has 0 amide bonds. The third-order valence-corrected chi connectivity index (χ3v) is 6.03. The molecule has 0 atom stereocenters. The van der Waals surface area contributed by atoms with Crippen LogP contribution in [-0.2, 0) is 14.8 Å². The number of carbonyl (C=O) groups is 1. The Morgan fingerprint density at radius 3 is 2.57 bits per heavy atom. The van der Waals surface area contributed by atoms with Crippen LogP contribution in [0.25, 0.3) is 0 Å². The molecule has 0 aromatic heterocycles. The minimum Gasteiger partial charge on any atom is -0.478 e. The van der Waals surface area contributed by atoms with Gasteiger partial charge in [0.2, 0.25) is 10.0 Å². The van der Waals surface area contributed by atoms with Gasteiger partial charge < -0.3 is 9.84 Å². The molecule has 0 aliphatic carbocycles. The number of hydrogen-bond donors (Lipinski definition) is 2. The third kappa shape index (κ3) is 3.93. The monoisotopic (exact) mass is 425 g/mol. The number of hydrogen-bond acceptors (Lipinski definition) is 4. The van der Waals surface area contributed by atoms with E-state index in [-0.39, 0.29) is 10.5 Å². The fourth-order valence-electron chi connectivity index (χ4n) is 2.14. The van der Waals surface area contributed by atoms with E-state index in [2.05, 4.69) is 4.72 Å². The van der Waals surface area contributed by atoms with Crippen LogP contribution in [0.3, 0.4) is 0 Å². The van der Waals surface area contributed by atoms with E-state index in [1.807, 2.05) is 29.5 Å². The van der Waals surface area contributed by atoms with Crippen LogP contribution in [0.4, 0.5) is 0 Å². The zero-order valence-corrected chi connectivity index (χ0v) is 14.4. The van der Waals surface area contributed by atoms with Gasteiger partial charge in [-0.05, 0) is 60.6 Å². The standard InChI is InChI=1S/C13H16INO5S/c1-13(4-6-20-7-5-13)15-21(18,19)9-2-3-11(14)10(8-9)12(16)17/h2-3,8,15H,4-7H2,1H3,(H,16,17). The summed E-state index contributed by atoms with van der Waals surface area (Å²) in [5.41, 5.74) is -0.584. The molecule has 0 saturated carbocycles. The average Bonchev–Trinajstić information content (AvgIpc) is 2.38. The van der Waals surface area contributed by atoms with Gasteiger partial charge in [0.25, 0.3) is 0 Å². The predicted octanol–water partition coefficient (Wildman–Crippen LogP) is 1.84. The van der Waals surface area contributed by atoms with Crippen LogP contribution in [0.2, 0.25) is 0 Å². The highest BCUT2D eigenvalue weighted by Gasteiger charge is 2.33. The largest absolute Gasteiger partial charge is 0.478 e. The van der Waals surface area contributed by atoms with Crippen molar-refractivity contribution < 1.29 is 23.1 Å². The molecule has 116 valence electrons. The Labute approximate surface area is 137 Å². The van der Waals surface area contributed by atoms with Gasteiger partial charge in [-0.3, -0.25) is 0 Å². The normalized spacial score (nSPS) is 18.4. The molecule has 1 aliphatic heterocycles. The molecule has 6 nitrogen and oxygen atoms in total. The highest BCUT2D eigenvalue weighted by Crippen LogP contribution is 2.24. The van der Waals surface area contributed by atoms with Crippen molar-refractivity contribution >= 4 is 38.6 Å². The molecule has 1 aromatic rings. The molecule has 21 heavy (non-hydrogen) atoms. The van der Waals surface area contributed by atoms with Crippen LogP contribution in [0.15, 0.2) is 23.1 Å². The summed E-state index contributed by atoms with van der Waals surface area (Å²) in [6.07, 6.45) is 1.17. The molecular formula is C13H16INO5S. The molecule has 1 aromatic carbocycles. The molecule has 1 saturated heterocycles. The maximum atomic E-state index is 12.4. The highest BCUT2D eigenvalue weighted by atomic mass is 127. The Hall–Kier alpha value is -0.710. The molecule has 1 fully saturated rings. The Morgan fingerprint density at radius 2 is 2.00 bits per heavy atom. The Morgan fingerprint density at radius 1 is 1.38 bits per heavy atom. The molecule has 0 bridgehead atoms. The van der Waals surface area contributed by atoms with Gasteiger partial charge in [0.15, 0.2) is 0 Å². The zero-order valence-electron chi connectivity index (χ0n) is 11.4. The second-order valence-electron chi connectivity index (χ2n) is 5.23. The van der Waals surface area contributed by atoms with Crippen molar-refractivity contribution in [3.8, 4) is 0 Å². The van der Waals surface area contributed by atoms with Crippen LogP contribution < -0.4 is 4.72 Å². The maximum absolute atomic E-state index is 12.4. The van der Waals surface area contributed by atoms with E-state index in [0.29, 0.717) is 29.6 Å². The lowest BCUT2D eigenvalue weighted by atomic mass is 9.94. The maximum Gasteiger partial charge on any atom is 0.336 e. The Bertz CT molecular complexity index is 653. The van der Waals surface area contributed by atoms with Gasteiger partial charge in [-0.2, -0.15) is 0 Å². The summed E-state index contributed by atoms with van der Waals surface area (Å²) < 4.78 is 33.3. The van der Waals surface area contributed by atoms with Gasteiger partial charge in [-0.15, -0.1) is 0 Å². The number of sulfonamides is 1. The molecule has 1 aliphatic rings. The van der Waals surface area contributed by atoms with Crippen LogP contribution in [0.5, 0.6) is 0 Å². The van der Waals surface area contributed by atoms with E-state index < -0.39 is 21.5 Å². The second kappa shape index (κ2) is 6.19. The summed E-state index contributed by atoms with van der Waals surface area (Å²) in [4.78, 5) is 11.1. The molecule has 0 spiro atoms. The number of carboxylic acids is 1. The molecule has 2 rings (SSSR count). The van der Waals surface area contributed by atoms with E-state index in [9.17, 15) is 13.2 Å². The fraction of sp³-hybridized carbons (Fsp3) is 0.462. The predicted molar refractivity (Wildman–Crippen MR) is 84.9 cm³/mol. The number of benzene rings is 1. The smallest absolute Gasteiger partial charge is 0.336 e. The van der Waals surface area contributed by atoms with E-state index in [4.69, 9.17) is 9.84 Å². The van der Waals surface area contributed by atoms with Crippen molar-refractivity contribution in [1.82, 2.24) is 4.72 Å². The van der Waals surface area contributed by atoms with Crippen molar-refractivity contribution in [2.45, 2.75) is 30.2 Å². The Balaban J connectivity index is 2.31. The van der Waals surface area contributed by atoms with Crippen LogP contribution >= 0.6 is 22.6 Å². The first kappa shape index (κ1) is 16.7. The Kier molecular flexibility index (Phi) is 4.91. The SMILES string of the molecule is CC1(NS(=O)(=O)c2ccc(I)c(C(=O)O)c2)CCOCC1. The van der Waals surface area contributed by atoms with E-state index in [1.165, 1.54) is 18.2 Å². The summed E-state index contributed by atoms with van der Waals surface area (Å²) in [6.45, 7) is 2.84. The van der Waals surface area contributed by atoms with Crippen molar-refractivity contribution in [1.29, 1.82) is 0 Å². The lowest BCUT2D eigenvalue weighted by Crippen LogP contribution is -2.49. The number of aromatic carboxylic acids is 1. The van der Waals surface area contributed by atoms with Gasteiger partial charge in [-0.25, -0.2) is 17.9 Å². The van der Waals surface area contributed by atoms with E-state index in [0.717, 1.165) is 0 Å².